The summed E-state index contributed by atoms with van der Waals surface area (Å²) in [5, 5.41) is 0. The van der Waals surface area contributed by atoms with Crippen molar-refractivity contribution in [2.75, 3.05) is 0 Å². The summed E-state index contributed by atoms with van der Waals surface area (Å²) in [6.45, 7) is 4.44. The van der Waals surface area contributed by atoms with Crippen LogP contribution in [0.25, 0.3) is 0 Å². The van der Waals surface area contributed by atoms with E-state index in [4.69, 9.17) is 10.5 Å². The molecule has 3 atom stereocenters. The highest BCUT2D eigenvalue weighted by Gasteiger charge is 2.45. The smallest absolute Gasteiger partial charge is 0.124 e. The Hall–Kier alpha value is -1.02. The summed E-state index contributed by atoms with van der Waals surface area (Å²) >= 11 is 0. The molecule has 1 aliphatic heterocycles. The van der Waals surface area contributed by atoms with E-state index in [1.807, 2.05) is 0 Å². The zero-order chi connectivity index (χ0) is 12.8. The number of aryl methyl sites for hydroxylation is 1. The molecular formula is C16H23NO. The molecule has 1 spiro atoms. The van der Waals surface area contributed by atoms with Gasteiger partial charge in [0, 0.05) is 18.0 Å². The summed E-state index contributed by atoms with van der Waals surface area (Å²) < 4.78 is 6.42. The number of hydrogen-bond acceptors (Lipinski definition) is 2. The zero-order valence-corrected chi connectivity index (χ0v) is 11.4. The van der Waals surface area contributed by atoms with Gasteiger partial charge in [-0.15, -0.1) is 0 Å². The molecule has 1 aliphatic carbocycles. The van der Waals surface area contributed by atoms with Gasteiger partial charge in [-0.3, -0.25) is 0 Å². The molecule has 1 aromatic rings. The van der Waals surface area contributed by atoms with E-state index in [9.17, 15) is 0 Å². The summed E-state index contributed by atoms with van der Waals surface area (Å²) in [5.41, 5.74) is 8.86. The molecule has 0 aromatic heterocycles. The van der Waals surface area contributed by atoms with Gasteiger partial charge in [-0.25, -0.2) is 0 Å². The minimum Gasteiger partial charge on any atom is -0.487 e. The van der Waals surface area contributed by atoms with Gasteiger partial charge in [0.1, 0.15) is 11.4 Å². The predicted molar refractivity (Wildman–Crippen MR) is 73.7 cm³/mol. The van der Waals surface area contributed by atoms with Crippen molar-refractivity contribution in [1.29, 1.82) is 0 Å². The van der Waals surface area contributed by atoms with Gasteiger partial charge in [0.05, 0.1) is 0 Å². The molecule has 0 bridgehead atoms. The van der Waals surface area contributed by atoms with Crippen molar-refractivity contribution >= 4 is 0 Å². The van der Waals surface area contributed by atoms with Gasteiger partial charge >= 0.3 is 0 Å². The molecule has 18 heavy (non-hydrogen) atoms. The van der Waals surface area contributed by atoms with Crippen molar-refractivity contribution in [3.8, 4) is 5.75 Å². The van der Waals surface area contributed by atoms with Crippen molar-refractivity contribution in [3.05, 3.63) is 29.3 Å². The van der Waals surface area contributed by atoms with Gasteiger partial charge in [-0.05, 0) is 38.2 Å². The first-order chi connectivity index (χ1) is 8.61. The van der Waals surface area contributed by atoms with Crippen LogP contribution in [0.15, 0.2) is 18.2 Å². The van der Waals surface area contributed by atoms with Crippen molar-refractivity contribution in [2.45, 2.75) is 57.6 Å². The normalized spacial score (nSPS) is 35.1. The molecule has 2 aliphatic rings. The van der Waals surface area contributed by atoms with Crippen LogP contribution in [0.2, 0.25) is 0 Å². The maximum absolute atomic E-state index is 6.42. The number of ether oxygens (including phenoxy) is 1. The van der Waals surface area contributed by atoms with Crippen molar-refractivity contribution in [3.63, 3.8) is 0 Å². The lowest BCUT2D eigenvalue weighted by Crippen LogP contribution is -2.49. The van der Waals surface area contributed by atoms with Gasteiger partial charge in [0.2, 0.25) is 0 Å². The Bertz CT molecular complexity index is 456. The second kappa shape index (κ2) is 4.27. The Labute approximate surface area is 110 Å². The number of nitrogens with two attached hydrogens (primary N) is 1. The van der Waals surface area contributed by atoms with Crippen LogP contribution in [0.5, 0.6) is 5.75 Å². The first-order valence-corrected chi connectivity index (χ1v) is 7.16. The number of fused-ring (bicyclic) bond motifs is 1. The SMILES string of the molecule is Cc1ccc2c(c1)C(N)CC1(CCCCC1C)O2. The van der Waals surface area contributed by atoms with Crippen LogP contribution < -0.4 is 10.5 Å². The van der Waals surface area contributed by atoms with E-state index >= 15 is 0 Å². The van der Waals surface area contributed by atoms with Gasteiger partial charge in [-0.1, -0.05) is 31.0 Å². The van der Waals surface area contributed by atoms with Crippen LogP contribution >= 0.6 is 0 Å². The minimum atomic E-state index is -0.0000746. The molecule has 2 heteroatoms. The average Bonchev–Trinajstić information content (AvgIpc) is 2.34. The highest BCUT2D eigenvalue weighted by Crippen LogP contribution is 2.47. The summed E-state index contributed by atoms with van der Waals surface area (Å²) in [6, 6.07) is 6.54. The molecule has 0 radical (unpaired) electrons. The zero-order valence-electron chi connectivity index (χ0n) is 11.4. The molecule has 1 heterocycles. The summed E-state index contributed by atoms with van der Waals surface area (Å²) in [7, 11) is 0. The van der Waals surface area contributed by atoms with Crippen LogP contribution in [0.1, 0.15) is 56.2 Å². The second-order valence-corrected chi connectivity index (χ2v) is 6.17. The van der Waals surface area contributed by atoms with Crippen LogP contribution in [-0.2, 0) is 0 Å². The molecule has 3 rings (SSSR count). The topological polar surface area (TPSA) is 35.2 Å². The fourth-order valence-electron chi connectivity index (χ4n) is 3.63. The number of benzene rings is 1. The molecule has 2 nitrogen and oxygen atoms in total. The molecule has 2 N–H and O–H groups in total. The lowest BCUT2D eigenvalue weighted by molar-refractivity contribution is -0.0407. The van der Waals surface area contributed by atoms with Gasteiger partial charge < -0.3 is 10.5 Å². The maximum Gasteiger partial charge on any atom is 0.124 e. The standard InChI is InChI=1S/C16H23NO/c1-11-6-7-15-13(9-11)14(17)10-16(18-15)8-4-3-5-12(16)2/h6-7,9,12,14H,3-5,8,10,17H2,1-2H3. The van der Waals surface area contributed by atoms with E-state index in [-0.39, 0.29) is 11.6 Å². The first kappa shape index (κ1) is 12.0. The Morgan fingerprint density at radius 2 is 2.17 bits per heavy atom. The molecule has 98 valence electrons. The van der Waals surface area contributed by atoms with E-state index in [1.54, 1.807) is 0 Å². The monoisotopic (exact) mass is 245 g/mol. The molecule has 3 unspecified atom stereocenters. The Morgan fingerprint density at radius 3 is 2.94 bits per heavy atom. The third-order valence-electron chi connectivity index (χ3n) is 4.83. The van der Waals surface area contributed by atoms with Gasteiger partial charge in [-0.2, -0.15) is 0 Å². The lowest BCUT2D eigenvalue weighted by atomic mass is 9.71. The second-order valence-electron chi connectivity index (χ2n) is 6.17. The number of rotatable bonds is 0. The molecule has 1 saturated carbocycles. The highest BCUT2D eigenvalue weighted by molar-refractivity contribution is 5.41. The van der Waals surface area contributed by atoms with E-state index in [1.165, 1.54) is 30.4 Å². The van der Waals surface area contributed by atoms with E-state index in [0.717, 1.165) is 18.6 Å². The maximum atomic E-state index is 6.42. The minimum absolute atomic E-state index is 0.0000746. The predicted octanol–water partition coefficient (Wildman–Crippen LogP) is 3.73. The molecule has 1 fully saturated rings. The van der Waals surface area contributed by atoms with E-state index in [2.05, 4.69) is 32.0 Å². The van der Waals surface area contributed by atoms with Crippen molar-refractivity contribution in [1.82, 2.24) is 0 Å². The Balaban J connectivity index is 1.98. The van der Waals surface area contributed by atoms with E-state index in [0.29, 0.717) is 5.92 Å². The third-order valence-corrected chi connectivity index (χ3v) is 4.83. The first-order valence-electron chi connectivity index (χ1n) is 7.16. The van der Waals surface area contributed by atoms with Crippen molar-refractivity contribution < 1.29 is 4.74 Å². The molecular weight excluding hydrogens is 222 g/mol. The van der Waals surface area contributed by atoms with E-state index < -0.39 is 0 Å². The summed E-state index contributed by atoms with van der Waals surface area (Å²) in [4.78, 5) is 0. The lowest BCUT2D eigenvalue weighted by Gasteiger charge is -2.47. The molecule has 1 aromatic carbocycles. The fraction of sp³-hybridized carbons (Fsp3) is 0.625. The van der Waals surface area contributed by atoms with Crippen molar-refractivity contribution in [2.24, 2.45) is 11.7 Å². The van der Waals surface area contributed by atoms with Crippen LogP contribution in [-0.4, -0.2) is 5.60 Å². The third kappa shape index (κ3) is 1.83. The van der Waals surface area contributed by atoms with Crippen LogP contribution in [0.3, 0.4) is 0 Å². The Kier molecular flexibility index (Phi) is 2.86. The van der Waals surface area contributed by atoms with Gasteiger partial charge in [0.25, 0.3) is 0 Å². The van der Waals surface area contributed by atoms with Crippen LogP contribution in [0.4, 0.5) is 0 Å². The largest absolute Gasteiger partial charge is 0.487 e. The molecule has 0 saturated heterocycles. The number of hydrogen-bond donors (Lipinski definition) is 1. The Morgan fingerprint density at radius 1 is 1.33 bits per heavy atom. The summed E-state index contributed by atoms with van der Waals surface area (Å²) in [5.74, 6) is 1.64. The fourth-order valence-corrected chi connectivity index (χ4v) is 3.63. The molecule has 0 amide bonds. The van der Waals surface area contributed by atoms with Crippen LogP contribution in [0, 0.1) is 12.8 Å². The highest BCUT2D eigenvalue weighted by atomic mass is 16.5. The van der Waals surface area contributed by atoms with Gasteiger partial charge in [0.15, 0.2) is 0 Å². The summed E-state index contributed by atoms with van der Waals surface area (Å²) in [6.07, 6.45) is 6.02. The quantitative estimate of drug-likeness (QED) is 0.756. The average molecular weight is 245 g/mol.